The Morgan fingerprint density at radius 2 is 0.844 bits per heavy atom. The van der Waals surface area contributed by atoms with Crippen molar-refractivity contribution in [3.8, 4) is 71.5 Å². The molecule has 0 saturated carbocycles. The molecule has 2 aliphatic heterocycles. The summed E-state index contributed by atoms with van der Waals surface area (Å²) in [5, 5.41) is 29.3. The number of rotatable bonds is 20. The van der Waals surface area contributed by atoms with Crippen molar-refractivity contribution in [3.05, 3.63) is 210 Å². The van der Waals surface area contributed by atoms with Crippen LogP contribution < -0.4 is 37.7 Å². The zero-order valence-corrected chi connectivity index (χ0v) is 65.0. The van der Waals surface area contributed by atoms with Crippen LogP contribution in [0.1, 0.15) is 147 Å². The largest absolute Gasteiger partial charge is 0.391 e. The summed E-state index contributed by atoms with van der Waals surface area (Å²) in [6.45, 7) is 24.2. The van der Waals surface area contributed by atoms with Crippen molar-refractivity contribution in [2.75, 3.05) is 66.8 Å². The van der Waals surface area contributed by atoms with Gasteiger partial charge >= 0.3 is 0 Å². The van der Waals surface area contributed by atoms with Gasteiger partial charge in [-0.3, -0.25) is 58.1 Å². The number of carbonyl (C=O) groups is 8. The molecule has 0 aromatic heterocycles. The van der Waals surface area contributed by atoms with Gasteiger partial charge in [0.15, 0.2) is 0 Å². The van der Waals surface area contributed by atoms with Gasteiger partial charge in [-0.1, -0.05) is 66.0 Å². The number of hydrogen-bond donors (Lipinski definition) is 9. The number of ether oxygens (including phenoxy) is 4. The van der Waals surface area contributed by atoms with Crippen molar-refractivity contribution < 1.29 is 77.3 Å². The van der Waals surface area contributed by atoms with E-state index in [2.05, 4.69) is 142 Å². The van der Waals surface area contributed by atoms with Crippen molar-refractivity contribution in [1.82, 2.24) is 42.6 Å². The van der Waals surface area contributed by atoms with Crippen molar-refractivity contribution in [1.29, 1.82) is 0 Å². The van der Waals surface area contributed by atoms with Crippen LogP contribution in [0.4, 0.5) is 0 Å². The Morgan fingerprint density at radius 3 is 1.15 bits per heavy atom. The number of aliphatic hydroxyl groups is 1. The van der Waals surface area contributed by atoms with Crippen LogP contribution >= 0.6 is 22.6 Å². The van der Waals surface area contributed by atoms with E-state index in [9.17, 15) is 43.5 Å². The Balaban J connectivity index is 0.000000315. The first kappa shape index (κ1) is 90.6. The van der Waals surface area contributed by atoms with Gasteiger partial charge in [0.25, 0.3) is 35.4 Å². The second kappa shape index (κ2) is 49.2. The molecule has 2 fully saturated rings. The summed E-state index contributed by atoms with van der Waals surface area (Å²) in [6.07, 6.45) is 4.35. The van der Waals surface area contributed by atoms with Crippen molar-refractivity contribution in [2.45, 2.75) is 116 Å². The Bertz CT molecular complexity index is 4280. The first-order chi connectivity index (χ1) is 52.1. The maximum absolute atomic E-state index is 12.7. The first-order valence-electron chi connectivity index (χ1n) is 34.4. The zero-order valence-electron chi connectivity index (χ0n) is 62.9. The van der Waals surface area contributed by atoms with E-state index in [-0.39, 0.29) is 5.56 Å². The van der Waals surface area contributed by atoms with Crippen LogP contribution in [0.2, 0.25) is 0 Å². The summed E-state index contributed by atoms with van der Waals surface area (Å²) in [5.74, 6) is 27.1. The lowest BCUT2D eigenvalue weighted by Gasteiger charge is -2.30. The summed E-state index contributed by atoms with van der Waals surface area (Å²) < 4.78 is 23.2. The molecule has 0 unspecified atom stereocenters. The van der Waals surface area contributed by atoms with Gasteiger partial charge in [-0.15, -0.1) is 6.42 Å². The van der Waals surface area contributed by atoms with E-state index in [1.807, 2.05) is 65.8 Å². The summed E-state index contributed by atoms with van der Waals surface area (Å²) in [4.78, 5) is 106. The van der Waals surface area contributed by atoms with Gasteiger partial charge in [-0.2, -0.15) is 0 Å². The van der Waals surface area contributed by atoms with Crippen molar-refractivity contribution in [2.24, 2.45) is 0 Å². The van der Waals surface area contributed by atoms with Crippen LogP contribution in [-0.2, 0) is 49.6 Å². The van der Waals surface area contributed by atoms with Crippen molar-refractivity contribution in [3.63, 3.8) is 0 Å². The van der Waals surface area contributed by atoms with Gasteiger partial charge in [-0.25, -0.2) is 16.4 Å². The molecule has 2 aliphatic rings. The number of carbonyl (C=O) groups excluding carboxylic acids is 8. The molecule has 6 aromatic rings. The molecular formula is C84H93IN8O16. The lowest BCUT2D eigenvalue weighted by molar-refractivity contribution is -0.141. The summed E-state index contributed by atoms with van der Waals surface area (Å²) in [7, 11) is 2.64. The van der Waals surface area contributed by atoms with Gasteiger partial charge in [0.2, 0.25) is 0 Å². The van der Waals surface area contributed by atoms with Crippen LogP contribution in [-0.4, -0.2) is 178 Å². The van der Waals surface area contributed by atoms with Gasteiger partial charge in [0.1, 0.15) is 30.7 Å². The monoisotopic (exact) mass is 1600 g/mol. The Morgan fingerprint density at radius 1 is 0.514 bits per heavy atom. The SMILES string of the molecule is C#CC#Cc1ccc(C(=O)N[C@H](C(=O)NOC)[C@@H](C)OC(C)(C)C)cc1.C1COCCN1.CONC(=O)[C@@H](NC(=O)c1ccc(C#CC#Cc2ccc(C=O)cc2)cc1)[C@@H](C)OC(C)(C)C.C[C@@H](O)[C@H](NC(=O)c1ccc(C#CC#Cc2ccc(CN3CCOCC3)cc2)cc1)C(=O)NO.O=Cc1ccc(I)cc1. The average molecular weight is 1600 g/mol. The fourth-order valence-corrected chi connectivity index (χ4v) is 9.93. The van der Waals surface area contributed by atoms with E-state index in [4.69, 9.17) is 35.4 Å². The summed E-state index contributed by atoms with van der Waals surface area (Å²) in [6, 6.07) is 38.9. The van der Waals surface area contributed by atoms with Gasteiger partial charge in [0.05, 0.1) is 70.2 Å². The zero-order chi connectivity index (χ0) is 80.2. The number of amides is 6. The fraction of sp³-hybridized carbons (Fsp3) is 0.333. The van der Waals surface area contributed by atoms with E-state index < -0.39 is 83.1 Å². The maximum atomic E-state index is 12.7. The number of aldehydes is 2. The van der Waals surface area contributed by atoms with E-state index in [1.165, 1.54) is 32.2 Å². The Labute approximate surface area is 652 Å². The minimum Gasteiger partial charge on any atom is -0.391 e. The average Bonchev–Trinajstić information content (AvgIpc) is 0.857. The van der Waals surface area contributed by atoms with E-state index in [1.54, 1.807) is 123 Å². The highest BCUT2D eigenvalue weighted by molar-refractivity contribution is 14.1. The third kappa shape index (κ3) is 36.6. The van der Waals surface area contributed by atoms with Crippen LogP contribution in [0.5, 0.6) is 0 Å². The molecule has 0 radical (unpaired) electrons. The Kier molecular flexibility index (Phi) is 40.9. The highest BCUT2D eigenvalue weighted by atomic mass is 127. The number of hydrogen-bond acceptors (Lipinski definition) is 18. The molecule has 0 bridgehead atoms. The summed E-state index contributed by atoms with van der Waals surface area (Å²) >= 11 is 2.20. The normalized spacial score (nSPS) is 13.6. The summed E-state index contributed by atoms with van der Waals surface area (Å²) in [5.41, 5.74) is 12.2. The molecule has 109 heavy (non-hydrogen) atoms. The number of nitrogens with zero attached hydrogens (tertiary/aromatic N) is 1. The minimum absolute atomic E-state index is 0.283. The lowest BCUT2D eigenvalue weighted by atomic mass is 10.1. The molecule has 0 spiro atoms. The number of benzene rings is 6. The molecule has 6 aromatic carbocycles. The van der Waals surface area contributed by atoms with E-state index in [0.29, 0.717) is 33.4 Å². The molecule has 6 amide bonds. The molecule has 2 saturated heterocycles. The number of halogens is 1. The van der Waals surface area contributed by atoms with E-state index >= 15 is 0 Å². The molecule has 2 heterocycles. The molecule has 6 atom stereocenters. The van der Waals surface area contributed by atoms with Crippen LogP contribution in [0.25, 0.3) is 0 Å². The third-order valence-corrected chi connectivity index (χ3v) is 15.5. The van der Waals surface area contributed by atoms with Crippen LogP contribution in [0.3, 0.4) is 0 Å². The number of hydroxylamine groups is 3. The molecule has 8 rings (SSSR count). The van der Waals surface area contributed by atoms with Crippen molar-refractivity contribution >= 4 is 70.6 Å². The maximum Gasteiger partial charge on any atom is 0.268 e. The quantitative estimate of drug-likeness (QED) is 0.0120. The topological polar surface area (TPSA) is 320 Å². The lowest BCUT2D eigenvalue weighted by Crippen LogP contribution is -2.54. The third-order valence-electron chi connectivity index (χ3n) is 14.8. The van der Waals surface area contributed by atoms with Gasteiger partial charge in [0, 0.05) is 91.9 Å². The van der Waals surface area contributed by atoms with Gasteiger partial charge in [-0.05, 0) is 235 Å². The number of morpholine rings is 2. The molecule has 572 valence electrons. The molecule has 24 nitrogen and oxygen atoms in total. The number of nitrogens with one attached hydrogen (secondary N) is 7. The Hall–Kier alpha value is -10.8. The molecule has 25 heteroatoms. The second-order valence-electron chi connectivity index (χ2n) is 25.8. The predicted molar refractivity (Wildman–Crippen MR) is 421 cm³/mol. The predicted octanol–water partition coefficient (Wildman–Crippen LogP) is 7.15. The minimum atomic E-state index is -1.28. The first-order valence-corrected chi connectivity index (χ1v) is 35.5. The number of aliphatic hydroxyl groups excluding tert-OH is 1. The highest BCUT2D eigenvalue weighted by Gasteiger charge is 2.33. The molecular weight excluding hydrogens is 1500 g/mol. The molecule has 0 aliphatic carbocycles. The van der Waals surface area contributed by atoms with Crippen LogP contribution in [0.15, 0.2) is 146 Å². The van der Waals surface area contributed by atoms with Crippen LogP contribution in [0, 0.1) is 75.1 Å². The number of terminal acetylenes is 1. The highest BCUT2D eigenvalue weighted by Crippen LogP contribution is 2.17. The smallest absolute Gasteiger partial charge is 0.268 e. The van der Waals surface area contributed by atoms with E-state index in [0.717, 1.165) is 92.0 Å². The molecule has 9 N–H and O–H groups in total. The standard InChI is InChI=1S/C27H28N2O5.C26H27N3O5.C20H24N2O4.C7H5IO.C4H9NO/c1-19(34-27(2,3)4)24(26(32)29-33-5)28-25(31)23-16-14-21(15-17-23)9-7-6-8-20-10-12-22(18-30)13-11-20;1-19(30)24(26(32)28-33)27-25(31)23-12-10-21(11-13-23)5-3-2-4-20-6-8-22(9-7-20)18-29-14-16-34-17-15-29;1-7-8-9-15-10-12-16(13-11-15)18(23)21-17(19(24)22-25-6)14(2)26-20(3,4)5;8-7-3-1-6(5-9)2-4-7;1-3-6-4-2-5-1/h10-19,24H,1-5H3,(H,28,31)(H,29,32);6-13,19,24,30,33H,14-18H2,1H3,(H,27,31)(H,28,32);1,10-14,17H,2-6H3,(H,21,23)(H,22,24);1-5H;5H,1-4H2/t2*19-,24+;14-,17+;;/m111../s1. The van der Waals surface area contributed by atoms with Gasteiger partial charge < -0.3 is 45.3 Å². The second-order valence-corrected chi connectivity index (χ2v) is 27.0. The fourth-order valence-electron chi connectivity index (χ4n) is 9.57.